The molecule has 18 heavy (non-hydrogen) atoms. The van der Waals surface area contributed by atoms with E-state index in [1.807, 2.05) is 0 Å². The molecule has 2 aliphatic rings. The highest BCUT2D eigenvalue weighted by Crippen LogP contribution is 2.27. The van der Waals surface area contributed by atoms with Crippen molar-refractivity contribution in [3.8, 4) is 0 Å². The molecule has 0 aromatic rings. The van der Waals surface area contributed by atoms with E-state index < -0.39 is 12.8 Å². The molecule has 1 N–H and O–H groups in total. The molecular formula is C12H21F3N2O. The second kappa shape index (κ2) is 6.21. The van der Waals surface area contributed by atoms with Gasteiger partial charge in [-0.05, 0) is 32.2 Å². The Morgan fingerprint density at radius 1 is 1.22 bits per heavy atom. The van der Waals surface area contributed by atoms with Gasteiger partial charge in [-0.15, -0.1) is 0 Å². The number of alkyl halides is 3. The van der Waals surface area contributed by atoms with E-state index in [2.05, 4.69) is 15.0 Å². The van der Waals surface area contributed by atoms with E-state index in [0.29, 0.717) is 18.6 Å². The third-order valence-electron chi connectivity index (χ3n) is 3.47. The molecule has 1 saturated carbocycles. The highest BCUT2D eigenvalue weighted by Gasteiger charge is 2.31. The average Bonchev–Trinajstić information content (AvgIpc) is 3.00. The molecule has 0 radical (unpaired) electrons. The Hall–Kier alpha value is -0.330. The van der Waals surface area contributed by atoms with Crippen LogP contribution in [0.5, 0.6) is 0 Å². The van der Waals surface area contributed by atoms with Gasteiger partial charge >= 0.3 is 6.18 Å². The van der Waals surface area contributed by atoms with Gasteiger partial charge in [-0.1, -0.05) is 0 Å². The summed E-state index contributed by atoms with van der Waals surface area (Å²) in [6, 6.07) is 1.08. The van der Waals surface area contributed by atoms with Crippen molar-refractivity contribution >= 4 is 0 Å². The van der Waals surface area contributed by atoms with Gasteiger partial charge in [0.15, 0.2) is 0 Å². The molecule has 0 amide bonds. The maximum atomic E-state index is 11.9. The van der Waals surface area contributed by atoms with Crippen molar-refractivity contribution in [3.05, 3.63) is 0 Å². The molecule has 1 heterocycles. The minimum absolute atomic E-state index is 0.169. The third-order valence-corrected chi connectivity index (χ3v) is 3.47. The lowest BCUT2D eigenvalue weighted by molar-refractivity contribution is -0.174. The van der Waals surface area contributed by atoms with Crippen LogP contribution < -0.4 is 5.32 Å². The number of ether oxygens (including phenoxy) is 1. The summed E-state index contributed by atoms with van der Waals surface area (Å²) in [5.41, 5.74) is 0. The highest BCUT2D eigenvalue weighted by molar-refractivity contribution is 4.88. The summed E-state index contributed by atoms with van der Waals surface area (Å²) >= 11 is 0. The fourth-order valence-corrected chi connectivity index (χ4v) is 2.43. The number of rotatable bonds is 7. The summed E-state index contributed by atoms with van der Waals surface area (Å²) in [5.74, 6) is 0. The van der Waals surface area contributed by atoms with Crippen LogP contribution in [0.4, 0.5) is 13.2 Å². The first-order valence-electron chi connectivity index (χ1n) is 6.66. The van der Waals surface area contributed by atoms with Crippen LogP contribution in [0.3, 0.4) is 0 Å². The van der Waals surface area contributed by atoms with Gasteiger partial charge in [0.1, 0.15) is 6.61 Å². The first kappa shape index (κ1) is 14.1. The van der Waals surface area contributed by atoms with Crippen LogP contribution in [0, 0.1) is 0 Å². The summed E-state index contributed by atoms with van der Waals surface area (Å²) in [6.45, 7) is 1.66. The average molecular weight is 266 g/mol. The monoisotopic (exact) mass is 266 g/mol. The van der Waals surface area contributed by atoms with E-state index in [0.717, 1.165) is 13.1 Å². The summed E-state index contributed by atoms with van der Waals surface area (Å²) < 4.78 is 40.5. The lowest BCUT2D eigenvalue weighted by Crippen LogP contribution is -2.40. The minimum atomic E-state index is -4.21. The van der Waals surface area contributed by atoms with Gasteiger partial charge in [-0.2, -0.15) is 13.2 Å². The maximum absolute atomic E-state index is 11.9. The molecule has 1 saturated heterocycles. The smallest absolute Gasteiger partial charge is 0.371 e. The van der Waals surface area contributed by atoms with Gasteiger partial charge in [0.25, 0.3) is 0 Å². The normalized spacial score (nSPS) is 25.0. The van der Waals surface area contributed by atoms with Gasteiger partial charge in [-0.25, -0.2) is 0 Å². The van der Waals surface area contributed by atoms with Crippen molar-refractivity contribution < 1.29 is 17.9 Å². The molecule has 3 nitrogen and oxygen atoms in total. The highest BCUT2D eigenvalue weighted by atomic mass is 19.4. The molecule has 6 heteroatoms. The predicted molar refractivity (Wildman–Crippen MR) is 62.5 cm³/mol. The maximum Gasteiger partial charge on any atom is 0.411 e. The van der Waals surface area contributed by atoms with Crippen molar-refractivity contribution in [2.75, 3.05) is 32.8 Å². The third kappa shape index (κ3) is 5.12. The van der Waals surface area contributed by atoms with E-state index in [-0.39, 0.29) is 6.61 Å². The second-order valence-corrected chi connectivity index (χ2v) is 5.19. The zero-order chi connectivity index (χ0) is 13.0. The van der Waals surface area contributed by atoms with Crippen molar-refractivity contribution in [2.24, 2.45) is 0 Å². The summed E-state index contributed by atoms with van der Waals surface area (Å²) in [4.78, 5) is 2.28. The lowest BCUT2D eigenvalue weighted by Gasteiger charge is -2.25. The zero-order valence-corrected chi connectivity index (χ0v) is 10.5. The molecule has 1 aliphatic carbocycles. The second-order valence-electron chi connectivity index (χ2n) is 5.19. The van der Waals surface area contributed by atoms with Crippen molar-refractivity contribution in [1.29, 1.82) is 0 Å². The standard InChI is InChI=1S/C12H21F3N2O/c13-12(14,15)9-18-7-6-17(11-3-4-11)8-10-2-1-5-16-10/h10-11,16H,1-9H2. The van der Waals surface area contributed by atoms with Crippen molar-refractivity contribution in [2.45, 2.75) is 43.9 Å². The van der Waals surface area contributed by atoms with Crippen molar-refractivity contribution in [1.82, 2.24) is 10.2 Å². The Kier molecular flexibility index (Phi) is 4.86. The van der Waals surface area contributed by atoms with E-state index in [9.17, 15) is 13.2 Å². The van der Waals surface area contributed by atoms with E-state index in [4.69, 9.17) is 0 Å². The molecule has 2 rings (SSSR count). The Labute approximate surface area is 106 Å². The Morgan fingerprint density at radius 3 is 2.56 bits per heavy atom. The number of hydrogen-bond acceptors (Lipinski definition) is 3. The summed E-state index contributed by atoms with van der Waals surface area (Å²) in [7, 11) is 0. The van der Waals surface area contributed by atoms with Crippen LogP contribution in [0.1, 0.15) is 25.7 Å². The Bertz CT molecular complexity index is 250. The summed E-state index contributed by atoms with van der Waals surface area (Å²) in [6.07, 6.45) is 0.510. The van der Waals surface area contributed by atoms with E-state index >= 15 is 0 Å². The number of nitrogens with one attached hydrogen (secondary N) is 1. The topological polar surface area (TPSA) is 24.5 Å². The van der Waals surface area contributed by atoms with Crippen LogP contribution in [0.2, 0.25) is 0 Å². The minimum Gasteiger partial charge on any atom is -0.371 e. The molecule has 1 atom stereocenters. The molecule has 1 unspecified atom stereocenters. The van der Waals surface area contributed by atoms with Gasteiger partial charge in [-0.3, -0.25) is 4.90 Å². The van der Waals surface area contributed by atoms with Crippen LogP contribution in [-0.2, 0) is 4.74 Å². The first-order chi connectivity index (χ1) is 8.54. The fourth-order valence-electron chi connectivity index (χ4n) is 2.43. The van der Waals surface area contributed by atoms with Crippen LogP contribution in [0.15, 0.2) is 0 Å². The number of nitrogens with zero attached hydrogens (tertiary/aromatic N) is 1. The molecule has 1 aliphatic heterocycles. The molecule has 2 fully saturated rings. The van der Waals surface area contributed by atoms with Crippen molar-refractivity contribution in [3.63, 3.8) is 0 Å². The molecular weight excluding hydrogens is 245 g/mol. The largest absolute Gasteiger partial charge is 0.411 e. The Morgan fingerprint density at radius 2 is 2.00 bits per heavy atom. The Balaban J connectivity index is 1.63. The number of hydrogen-bond donors (Lipinski definition) is 1. The molecule has 0 spiro atoms. The van der Waals surface area contributed by atoms with Gasteiger partial charge in [0.05, 0.1) is 6.61 Å². The first-order valence-corrected chi connectivity index (χ1v) is 6.66. The van der Waals surface area contributed by atoms with Crippen LogP contribution >= 0.6 is 0 Å². The van der Waals surface area contributed by atoms with Crippen LogP contribution in [-0.4, -0.2) is 56.0 Å². The quantitative estimate of drug-likeness (QED) is 0.711. The SMILES string of the molecule is FC(F)(F)COCCN(CC1CCCN1)C1CC1. The summed E-state index contributed by atoms with van der Waals surface area (Å²) in [5, 5.41) is 3.42. The predicted octanol–water partition coefficient (Wildman–Crippen LogP) is 1.78. The lowest BCUT2D eigenvalue weighted by atomic mass is 10.2. The van der Waals surface area contributed by atoms with E-state index in [1.54, 1.807) is 0 Å². The molecule has 0 aromatic carbocycles. The van der Waals surface area contributed by atoms with Gasteiger partial charge in [0, 0.05) is 25.2 Å². The zero-order valence-electron chi connectivity index (χ0n) is 10.5. The van der Waals surface area contributed by atoms with Gasteiger partial charge < -0.3 is 10.1 Å². The van der Waals surface area contributed by atoms with E-state index in [1.165, 1.54) is 25.7 Å². The fraction of sp³-hybridized carbons (Fsp3) is 1.00. The van der Waals surface area contributed by atoms with Crippen LogP contribution in [0.25, 0.3) is 0 Å². The molecule has 0 aromatic heterocycles. The molecule has 0 bridgehead atoms. The van der Waals surface area contributed by atoms with Gasteiger partial charge in [0.2, 0.25) is 0 Å². The number of halogens is 3. The molecule has 106 valence electrons.